The van der Waals surface area contributed by atoms with Crippen LogP contribution in [0.5, 0.6) is 0 Å². The van der Waals surface area contributed by atoms with Crippen LogP contribution in [0.25, 0.3) is 0 Å². The molecule has 76 valence electrons. The van der Waals surface area contributed by atoms with E-state index in [0.29, 0.717) is 6.04 Å². The predicted molar refractivity (Wildman–Crippen MR) is 56.4 cm³/mol. The lowest BCUT2D eigenvalue weighted by Crippen LogP contribution is -2.30. The third-order valence-corrected chi connectivity index (χ3v) is 2.53. The summed E-state index contributed by atoms with van der Waals surface area (Å²) in [5.41, 5.74) is 2.18. The number of aromatic nitrogens is 1. The van der Waals surface area contributed by atoms with Gasteiger partial charge in [-0.1, -0.05) is 0 Å². The van der Waals surface area contributed by atoms with Gasteiger partial charge in [0.25, 0.3) is 0 Å². The minimum Gasteiger partial charge on any atom is -0.379 e. The van der Waals surface area contributed by atoms with Crippen molar-refractivity contribution in [1.82, 2.24) is 4.98 Å². The minimum absolute atomic E-state index is 0.451. The highest BCUT2D eigenvalue weighted by Crippen LogP contribution is 2.16. The Morgan fingerprint density at radius 2 is 2.50 bits per heavy atom. The van der Waals surface area contributed by atoms with Crippen LogP contribution in [0.2, 0.25) is 0 Å². The van der Waals surface area contributed by atoms with Crippen LogP contribution < -0.4 is 5.32 Å². The highest BCUT2D eigenvalue weighted by molar-refractivity contribution is 5.47. The summed E-state index contributed by atoms with van der Waals surface area (Å²) in [6.07, 6.45) is 4.16. The molecule has 1 unspecified atom stereocenters. The Morgan fingerprint density at radius 3 is 3.21 bits per heavy atom. The first-order valence-corrected chi connectivity index (χ1v) is 5.12. The topological polar surface area (TPSA) is 34.2 Å². The summed E-state index contributed by atoms with van der Waals surface area (Å²) in [7, 11) is 0. The molecule has 3 heteroatoms. The van der Waals surface area contributed by atoms with Crippen LogP contribution in [0.4, 0.5) is 5.69 Å². The summed E-state index contributed by atoms with van der Waals surface area (Å²) < 4.78 is 5.41. The van der Waals surface area contributed by atoms with Gasteiger partial charge in [-0.2, -0.15) is 0 Å². The summed E-state index contributed by atoms with van der Waals surface area (Å²) in [6.45, 7) is 3.74. The van der Waals surface area contributed by atoms with Crippen molar-refractivity contribution in [2.24, 2.45) is 0 Å². The number of hydrogen-bond donors (Lipinski definition) is 1. The molecule has 1 aliphatic heterocycles. The van der Waals surface area contributed by atoms with Crippen molar-refractivity contribution in [3.8, 4) is 0 Å². The monoisotopic (exact) mass is 192 g/mol. The summed E-state index contributed by atoms with van der Waals surface area (Å²) >= 11 is 0. The second kappa shape index (κ2) is 4.42. The smallest absolute Gasteiger partial charge is 0.0667 e. The van der Waals surface area contributed by atoms with Crippen LogP contribution in [0.15, 0.2) is 18.3 Å². The van der Waals surface area contributed by atoms with E-state index in [1.165, 1.54) is 6.42 Å². The Morgan fingerprint density at radius 1 is 1.57 bits per heavy atom. The number of nitrogens with one attached hydrogen (secondary N) is 1. The molecule has 1 aliphatic rings. The van der Waals surface area contributed by atoms with Gasteiger partial charge in [0.1, 0.15) is 0 Å². The third-order valence-electron chi connectivity index (χ3n) is 2.53. The molecule has 0 bridgehead atoms. The van der Waals surface area contributed by atoms with Crippen LogP contribution in [0, 0.1) is 6.92 Å². The summed E-state index contributed by atoms with van der Waals surface area (Å²) in [4.78, 5) is 4.24. The van der Waals surface area contributed by atoms with Crippen molar-refractivity contribution in [3.05, 3.63) is 24.0 Å². The van der Waals surface area contributed by atoms with Crippen LogP contribution in [0.1, 0.15) is 18.5 Å². The SMILES string of the molecule is Cc1ncccc1NC1CCCOC1. The second-order valence-corrected chi connectivity index (χ2v) is 3.69. The molecule has 2 rings (SSSR count). The molecule has 1 aromatic heterocycles. The van der Waals surface area contributed by atoms with Gasteiger partial charge in [-0.05, 0) is 31.9 Å². The highest BCUT2D eigenvalue weighted by atomic mass is 16.5. The predicted octanol–water partition coefficient (Wildman–Crippen LogP) is 1.98. The van der Waals surface area contributed by atoms with Crippen molar-refractivity contribution in [2.75, 3.05) is 18.5 Å². The number of nitrogens with zero attached hydrogens (tertiary/aromatic N) is 1. The Kier molecular flexibility index (Phi) is 2.99. The van der Waals surface area contributed by atoms with Crippen LogP contribution in [0.3, 0.4) is 0 Å². The summed E-state index contributed by atoms with van der Waals surface area (Å²) in [5.74, 6) is 0. The van der Waals surface area contributed by atoms with E-state index in [1.807, 2.05) is 19.2 Å². The van der Waals surface area contributed by atoms with Gasteiger partial charge in [0.05, 0.1) is 18.0 Å². The molecule has 0 amide bonds. The molecule has 1 saturated heterocycles. The molecule has 0 aromatic carbocycles. The van der Waals surface area contributed by atoms with Crippen molar-refractivity contribution in [2.45, 2.75) is 25.8 Å². The average Bonchev–Trinajstić information content (AvgIpc) is 2.23. The number of rotatable bonds is 2. The average molecular weight is 192 g/mol. The molecule has 3 nitrogen and oxygen atoms in total. The van der Waals surface area contributed by atoms with Crippen LogP contribution in [-0.2, 0) is 4.74 Å². The second-order valence-electron chi connectivity index (χ2n) is 3.69. The Labute approximate surface area is 84.5 Å². The standard InChI is InChI=1S/C11H16N2O/c1-9-11(5-2-6-12-9)13-10-4-3-7-14-8-10/h2,5-6,10,13H,3-4,7-8H2,1H3. The van der Waals surface area contributed by atoms with Gasteiger partial charge < -0.3 is 10.1 Å². The van der Waals surface area contributed by atoms with E-state index < -0.39 is 0 Å². The quantitative estimate of drug-likeness (QED) is 0.778. The van der Waals surface area contributed by atoms with Crippen molar-refractivity contribution in [3.63, 3.8) is 0 Å². The Bertz CT molecular complexity index is 295. The normalized spacial score (nSPS) is 21.9. The Balaban J connectivity index is 1.99. The van der Waals surface area contributed by atoms with Crippen molar-refractivity contribution < 1.29 is 4.74 Å². The summed E-state index contributed by atoms with van der Waals surface area (Å²) in [6, 6.07) is 4.47. The van der Waals surface area contributed by atoms with Crippen molar-refractivity contribution >= 4 is 5.69 Å². The zero-order chi connectivity index (χ0) is 9.80. The van der Waals surface area contributed by atoms with Gasteiger partial charge in [-0.15, -0.1) is 0 Å². The zero-order valence-corrected chi connectivity index (χ0v) is 8.49. The van der Waals surface area contributed by atoms with Gasteiger partial charge in [0.15, 0.2) is 0 Å². The number of anilines is 1. The van der Waals surface area contributed by atoms with Crippen LogP contribution in [-0.4, -0.2) is 24.2 Å². The largest absolute Gasteiger partial charge is 0.379 e. The van der Waals surface area contributed by atoms with E-state index in [4.69, 9.17) is 4.74 Å². The first-order valence-electron chi connectivity index (χ1n) is 5.12. The molecular weight excluding hydrogens is 176 g/mol. The van der Waals surface area contributed by atoms with E-state index in [2.05, 4.69) is 16.4 Å². The molecule has 1 aromatic rings. The number of ether oxygens (including phenoxy) is 1. The first-order chi connectivity index (χ1) is 6.86. The maximum atomic E-state index is 5.41. The zero-order valence-electron chi connectivity index (χ0n) is 8.49. The lowest BCUT2D eigenvalue weighted by molar-refractivity contribution is 0.0876. The number of aryl methyl sites for hydroxylation is 1. The molecular formula is C11H16N2O. The lowest BCUT2D eigenvalue weighted by atomic mass is 10.1. The molecule has 1 atom stereocenters. The maximum absolute atomic E-state index is 5.41. The van der Waals surface area contributed by atoms with Gasteiger partial charge >= 0.3 is 0 Å². The summed E-state index contributed by atoms with van der Waals surface area (Å²) in [5, 5.41) is 3.46. The number of pyridine rings is 1. The molecule has 14 heavy (non-hydrogen) atoms. The van der Waals surface area contributed by atoms with Gasteiger partial charge in [-0.3, -0.25) is 4.98 Å². The van der Waals surface area contributed by atoms with Crippen molar-refractivity contribution in [1.29, 1.82) is 0 Å². The highest BCUT2D eigenvalue weighted by Gasteiger charge is 2.13. The minimum atomic E-state index is 0.451. The molecule has 0 radical (unpaired) electrons. The molecule has 1 N–H and O–H groups in total. The molecule has 1 fully saturated rings. The third kappa shape index (κ3) is 2.23. The molecule has 0 aliphatic carbocycles. The van der Waals surface area contributed by atoms with Gasteiger partial charge in [0.2, 0.25) is 0 Å². The van der Waals surface area contributed by atoms with E-state index in [1.54, 1.807) is 0 Å². The molecule has 0 saturated carbocycles. The molecule has 2 heterocycles. The number of hydrogen-bond acceptors (Lipinski definition) is 3. The first kappa shape index (κ1) is 9.46. The van der Waals surface area contributed by atoms with E-state index in [0.717, 1.165) is 31.0 Å². The fourth-order valence-corrected chi connectivity index (χ4v) is 1.71. The maximum Gasteiger partial charge on any atom is 0.0667 e. The fraction of sp³-hybridized carbons (Fsp3) is 0.545. The molecule has 0 spiro atoms. The van der Waals surface area contributed by atoms with Gasteiger partial charge in [0, 0.05) is 18.8 Å². The van der Waals surface area contributed by atoms with Gasteiger partial charge in [-0.25, -0.2) is 0 Å². The van der Waals surface area contributed by atoms with E-state index >= 15 is 0 Å². The lowest BCUT2D eigenvalue weighted by Gasteiger charge is -2.24. The Hall–Kier alpha value is -1.09. The van der Waals surface area contributed by atoms with Crippen LogP contribution >= 0.6 is 0 Å². The van der Waals surface area contributed by atoms with E-state index in [-0.39, 0.29) is 0 Å². The van der Waals surface area contributed by atoms with E-state index in [9.17, 15) is 0 Å². The fourth-order valence-electron chi connectivity index (χ4n) is 1.71.